The number of ether oxygens (including phenoxy) is 1. The lowest BCUT2D eigenvalue weighted by atomic mass is 10.2. The van der Waals surface area contributed by atoms with E-state index in [1.807, 2.05) is 24.3 Å². The fourth-order valence-corrected chi connectivity index (χ4v) is 3.03. The van der Waals surface area contributed by atoms with Crippen LogP contribution in [0.5, 0.6) is 5.75 Å². The van der Waals surface area contributed by atoms with E-state index < -0.39 is 11.7 Å². The van der Waals surface area contributed by atoms with Crippen molar-refractivity contribution in [2.24, 2.45) is 0 Å². The Morgan fingerprint density at radius 1 is 1.07 bits per heavy atom. The third kappa shape index (κ3) is 4.55. The van der Waals surface area contributed by atoms with Crippen LogP contribution in [-0.4, -0.2) is 56.5 Å². The van der Waals surface area contributed by atoms with Crippen molar-refractivity contribution in [1.82, 2.24) is 10.2 Å². The van der Waals surface area contributed by atoms with Crippen LogP contribution < -0.4 is 15.0 Å². The number of rotatable bonds is 5. The number of amides is 2. The van der Waals surface area contributed by atoms with E-state index in [0.717, 1.165) is 11.4 Å². The van der Waals surface area contributed by atoms with Crippen molar-refractivity contribution in [2.45, 2.75) is 0 Å². The fourth-order valence-electron chi connectivity index (χ4n) is 3.03. The lowest BCUT2D eigenvalue weighted by Gasteiger charge is -2.36. The van der Waals surface area contributed by atoms with Crippen LogP contribution in [0.2, 0.25) is 0 Å². The van der Waals surface area contributed by atoms with Crippen molar-refractivity contribution in [1.29, 1.82) is 0 Å². The molecule has 1 saturated heterocycles. The van der Waals surface area contributed by atoms with Gasteiger partial charge < -0.3 is 19.9 Å². The summed E-state index contributed by atoms with van der Waals surface area (Å²) >= 11 is 0. The summed E-state index contributed by atoms with van der Waals surface area (Å²) in [6.45, 7) is 2.36. The van der Waals surface area contributed by atoms with Crippen LogP contribution in [0.3, 0.4) is 0 Å². The smallest absolute Gasteiger partial charge is 0.254 e. The molecule has 0 aliphatic carbocycles. The van der Waals surface area contributed by atoms with Crippen molar-refractivity contribution in [3.05, 3.63) is 59.9 Å². The van der Waals surface area contributed by atoms with Crippen molar-refractivity contribution >= 4 is 17.5 Å². The summed E-state index contributed by atoms with van der Waals surface area (Å²) in [5, 5.41) is 2.49. The number of anilines is 1. The number of hydrogen-bond acceptors (Lipinski definition) is 4. The zero-order valence-electron chi connectivity index (χ0n) is 15.2. The first-order chi connectivity index (χ1) is 13.1. The maximum Gasteiger partial charge on any atom is 0.254 e. The van der Waals surface area contributed by atoms with Crippen molar-refractivity contribution < 1.29 is 18.7 Å². The lowest BCUT2D eigenvalue weighted by molar-refractivity contribution is -0.130. The molecule has 0 saturated carbocycles. The summed E-state index contributed by atoms with van der Waals surface area (Å²) in [6, 6.07) is 13.5. The molecule has 7 heteroatoms. The summed E-state index contributed by atoms with van der Waals surface area (Å²) in [5.74, 6) is -0.572. The van der Waals surface area contributed by atoms with Crippen LogP contribution in [0.1, 0.15) is 10.4 Å². The highest BCUT2D eigenvalue weighted by molar-refractivity contribution is 5.96. The standard InChI is InChI=1S/C20H22FN3O3/c1-27-16-6-4-5-15(13-16)23-9-11-24(12-10-23)19(25)14-22-20(26)17-7-2-3-8-18(17)21/h2-8,13H,9-12,14H2,1H3,(H,22,26). The molecule has 2 aromatic carbocycles. The number of halogens is 1. The molecule has 2 amide bonds. The molecule has 1 aliphatic rings. The summed E-state index contributed by atoms with van der Waals surface area (Å²) in [4.78, 5) is 28.2. The highest BCUT2D eigenvalue weighted by atomic mass is 19.1. The molecule has 0 bridgehead atoms. The van der Waals surface area contributed by atoms with Gasteiger partial charge in [0.25, 0.3) is 5.91 Å². The molecule has 142 valence electrons. The first-order valence-corrected chi connectivity index (χ1v) is 8.78. The van der Waals surface area contributed by atoms with E-state index in [0.29, 0.717) is 26.2 Å². The van der Waals surface area contributed by atoms with Crippen LogP contribution in [0.15, 0.2) is 48.5 Å². The first-order valence-electron chi connectivity index (χ1n) is 8.78. The van der Waals surface area contributed by atoms with Gasteiger partial charge in [0.2, 0.25) is 5.91 Å². The van der Waals surface area contributed by atoms with Crippen LogP contribution in [0, 0.1) is 5.82 Å². The van der Waals surface area contributed by atoms with Gasteiger partial charge in [-0.1, -0.05) is 18.2 Å². The van der Waals surface area contributed by atoms with Crippen LogP contribution in [-0.2, 0) is 4.79 Å². The van der Waals surface area contributed by atoms with Gasteiger partial charge >= 0.3 is 0 Å². The number of piperazine rings is 1. The van der Waals surface area contributed by atoms with Gasteiger partial charge in [-0.25, -0.2) is 4.39 Å². The van der Waals surface area contributed by atoms with Crippen LogP contribution in [0.4, 0.5) is 10.1 Å². The monoisotopic (exact) mass is 371 g/mol. The molecule has 0 aromatic heterocycles. The van der Waals surface area contributed by atoms with Gasteiger partial charge in [0.05, 0.1) is 19.2 Å². The summed E-state index contributed by atoms with van der Waals surface area (Å²) in [5.41, 5.74) is 0.988. The molecule has 1 N–H and O–H groups in total. The number of carbonyl (C=O) groups is 2. The third-order valence-electron chi connectivity index (χ3n) is 4.57. The molecule has 2 aromatic rings. The number of nitrogens with zero attached hydrogens (tertiary/aromatic N) is 2. The van der Waals surface area contributed by atoms with Crippen molar-refractivity contribution in [3.8, 4) is 5.75 Å². The van der Waals surface area contributed by atoms with Gasteiger partial charge in [-0.05, 0) is 24.3 Å². The number of methoxy groups -OCH3 is 1. The second-order valence-electron chi connectivity index (χ2n) is 6.23. The Bertz CT molecular complexity index is 820. The molecule has 1 fully saturated rings. The quantitative estimate of drug-likeness (QED) is 0.872. The van der Waals surface area contributed by atoms with Gasteiger partial charge in [-0.3, -0.25) is 9.59 Å². The summed E-state index contributed by atoms with van der Waals surface area (Å²) in [7, 11) is 1.63. The average Bonchev–Trinajstić information content (AvgIpc) is 2.72. The topological polar surface area (TPSA) is 61.9 Å². The summed E-state index contributed by atoms with van der Waals surface area (Å²) < 4.78 is 18.9. The highest BCUT2D eigenvalue weighted by Crippen LogP contribution is 2.22. The van der Waals surface area contributed by atoms with Crippen molar-refractivity contribution in [2.75, 3.05) is 44.7 Å². The van der Waals surface area contributed by atoms with E-state index in [1.54, 1.807) is 18.1 Å². The molecule has 0 unspecified atom stereocenters. The molecule has 0 radical (unpaired) electrons. The van der Waals surface area contributed by atoms with E-state index >= 15 is 0 Å². The SMILES string of the molecule is COc1cccc(N2CCN(C(=O)CNC(=O)c3ccccc3F)CC2)c1. The minimum atomic E-state index is -0.602. The number of nitrogens with one attached hydrogen (secondary N) is 1. The van der Waals surface area contributed by atoms with Crippen molar-refractivity contribution in [3.63, 3.8) is 0 Å². The molecule has 0 atom stereocenters. The average molecular weight is 371 g/mol. The van der Waals surface area contributed by atoms with Crippen LogP contribution >= 0.6 is 0 Å². The third-order valence-corrected chi connectivity index (χ3v) is 4.57. The largest absolute Gasteiger partial charge is 0.497 e. The van der Waals surface area contributed by atoms with Gasteiger partial charge in [0.15, 0.2) is 0 Å². The second-order valence-corrected chi connectivity index (χ2v) is 6.23. The van der Waals surface area contributed by atoms with E-state index in [4.69, 9.17) is 4.74 Å². The lowest BCUT2D eigenvalue weighted by Crippen LogP contribution is -2.51. The molecule has 1 aliphatic heterocycles. The predicted molar refractivity (Wildman–Crippen MR) is 101 cm³/mol. The Kier molecular flexibility index (Phi) is 5.90. The normalized spacial score (nSPS) is 14.0. The molecular weight excluding hydrogens is 349 g/mol. The Morgan fingerprint density at radius 3 is 2.52 bits per heavy atom. The maximum atomic E-state index is 13.6. The Hall–Kier alpha value is -3.09. The molecular formula is C20H22FN3O3. The number of carbonyl (C=O) groups excluding carboxylic acids is 2. The van der Waals surface area contributed by atoms with Gasteiger partial charge in [0, 0.05) is 37.9 Å². The zero-order valence-corrected chi connectivity index (χ0v) is 15.2. The highest BCUT2D eigenvalue weighted by Gasteiger charge is 2.22. The fraction of sp³-hybridized carbons (Fsp3) is 0.300. The number of benzene rings is 2. The minimum Gasteiger partial charge on any atom is -0.497 e. The predicted octanol–water partition coefficient (Wildman–Crippen LogP) is 1.91. The van der Waals surface area contributed by atoms with Gasteiger partial charge in [-0.2, -0.15) is 0 Å². The second kappa shape index (κ2) is 8.53. The van der Waals surface area contributed by atoms with Crippen LogP contribution in [0.25, 0.3) is 0 Å². The summed E-state index contributed by atoms with van der Waals surface area (Å²) in [6.07, 6.45) is 0. The number of hydrogen-bond donors (Lipinski definition) is 1. The van der Waals surface area contributed by atoms with Gasteiger partial charge in [-0.15, -0.1) is 0 Å². The van der Waals surface area contributed by atoms with E-state index in [1.165, 1.54) is 18.2 Å². The minimum absolute atomic E-state index is 0.0619. The first kappa shape index (κ1) is 18.7. The van der Waals surface area contributed by atoms with E-state index in [-0.39, 0.29) is 18.0 Å². The Labute approximate surface area is 157 Å². The molecule has 27 heavy (non-hydrogen) atoms. The molecule has 0 spiro atoms. The molecule has 3 rings (SSSR count). The molecule has 1 heterocycles. The van der Waals surface area contributed by atoms with E-state index in [9.17, 15) is 14.0 Å². The van der Waals surface area contributed by atoms with Gasteiger partial charge in [0.1, 0.15) is 11.6 Å². The Balaban J connectivity index is 1.50. The maximum absolute atomic E-state index is 13.6. The van der Waals surface area contributed by atoms with E-state index in [2.05, 4.69) is 10.2 Å². The Morgan fingerprint density at radius 2 is 1.81 bits per heavy atom. The molecule has 6 nitrogen and oxygen atoms in total. The zero-order chi connectivity index (χ0) is 19.2.